The second kappa shape index (κ2) is 11.8. The molecule has 0 unspecified atom stereocenters. The quantitative estimate of drug-likeness (QED) is 0.438. The van der Waals surface area contributed by atoms with E-state index < -0.39 is 35.6 Å². The summed E-state index contributed by atoms with van der Waals surface area (Å²) in [5.41, 5.74) is -0.521. The summed E-state index contributed by atoms with van der Waals surface area (Å²) in [6.07, 6.45) is -6.38. The van der Waals surface area contributed by atoms with Crippen LogP contribution in [-0.2, 0) is 15.8 Å². The van der Waals surface area contributed by atoms with Crippen LogP contribution in [0.2, 0.25) is 0 Å². The largest absolute Gasteiger partial charge is 0.471 e. The van der Waals surface area contributed by atoms with Gasteiger partial charge in [-0.3, -0.25) is 19.3 Å². The van der Waals surface area contributed by atoms with E-state index in [0.29, 0.717) is 18.8 Å². The van der Waals surface area contributed by atoms with Crippen molar-refractivity contribution in [3.63, 3.8) is 0 Å². The molecular weight excluding hydrogens is 544 g/mol. The second-order valence-electron chi connectivity index (χ2n) is 9.88. The Kier molecular flexibility index (Phi) is 8.66. The van der Waals surface area contributed by atoms with Gasteiger partial charge in [0.05, 0.1) is 18.2 Å². The van der Waals surface area contributed by atoms with Crippen LogP contribution in [0.15, 0.2) is 42.5 Å². The summed E-state index contributed by atoms with van der Waals surface area (Å²) in [5, 5.41) is 6.90. The van der Waals surface area contributed by atoms with E-state index >= 15 is 0 Å². The van der Waals surface area contributed by atoms with E-state index in [2.05, 4.69) is 20.5 Å². The van der Waals surface area contributed by atoms with Gasteiger partial charge in [0.2, 0.25) is 5.91 Å². The van der Waals surface area contributed by atoms with Crippen molar-refractivity contribution in [3.8, 4) is 0 Å². The third-order valence-electron chi connectivity index (χ3n) is 7.04. The first-order valence-corrected chi connectivity index (χ1v) is 12.6. The van der Waals surface area contributed by atoms with Crippen LogP contribution in [0.3, 0.4) is 0 Å². The fourth-order valence-corrected chi connectivity index (χ4v) is 4.95. The highest BCUT2D eigenvalue weighted by molar-refractivity contribution is 5.96. The van der Waals surface area contributed by atoms with Crippen LogP contribution >= 0.6 is 0 Å². The highest BCUT2D eigenvalue weighted by Crippen LogP contribution is 2.36. The molecule has 2 fully saturated rings. The van der Waals surface area contributed by atoms with Crippen molar-refractivity contribution >= 4 is 23.5 Å². The molecule has 0 radical (unpaired) electrons. The number of benzene rings is 1. The maximum absolute atomic E-state index is 12.8. The van der Waals surface area contributed by atoms with Gasteiger partial charge in [0.25, 0.3) is 5.91 Å². The van der Waals surface area contributed by atoms with E-state index in [1.165, 1.54) is 12.1 Å². The Labute approximate surface area is 225 Å². The third kappa shape index (κ3) is 7.49. The Hall–Kier alpha value is -3.68. The maximum atomic E-state index is 12.8. The molecule has 0 atom stereocenters. The first-order valence-electron chi connectivity index (χ1n) is 12.6. The highest BCUT2D eigenvalue weighted by atomic mass is 19.4. The monoisotopic (exact) mass is 571 g/mol. The van der Waals surface area contributed by atoms with Crippen molar-refractivity contribution < 1.29 is 40.7 Å². The van der Waals surface area contributed by atoms with Crippen LogP contribution in [0.1, 0.15) is 53.2 Å². The number of halogens is 6. The van der Waals surface area contributed by atoms with Crippen LogP contribution in [0.25, 0.3) is 0 Å². The fraction of sp³-hybridized carbons (Fsp3) is 0.462. The van der Waals surface area contributed by atoms with Crippen molar-refractivity contribution in [1.82, 2.24) is 20.5 Å². The first kappa shape index (κ1) is 29.3. The Balaban J connectivity index is 1.17. The summed E-state index contributed by atoms with van der Waals surface area (Å²) >= 11 is 0. The number of carbonyl (C=O) groups is 3. The SMILES string of the molecule is O=C(CNC(=O)c1cccc(C(F)(F)F)c1)NC1CN([C@H]2CC[C@@H](c3cccc(NC(=O)C(F)(F)F)n3)CC2)C1. The highest BCUT2D eigenvalue weighted by Gasteiger charge is 2.39. The molecule has 1 aromatic heterocycles. The van der Waals surface area contributed by atoms with E-state index in [-0.39, 0.29) is 35.9 Å². The van der Waals surface area contributed by atoms with E-state index in [1.807, 2.05) is 0 Å². The average molecular weight is 572 g/mol. The zero-order valence-corrected chi connectivity index (χ0v) is 21.1. The number of likely N-dealkylation sites (tertiary alicyclic amines) is 1. The van der Waals surface area contributed by atoms with Gasteiger partial charge in [-0.05, 0) is 56.0 Å². The summed E-state index contributed by atoms with van der Waals surface area (Å²) in [4.78, 5) is 42.0. The predicted octanol–water partition coefficient (Wildman–Crippen LogP) is 3.86. The first-order chi connectivity index (χ1) is 18.8. The van der Waals surface area contributed by atoms with Crippen molar-refractivity contribution in [1.29, 1.82) is 0 Å². The number of carbonyl (C=O) groups excluding carboxylic acids is 3. The molecule has 1 saturated carbocycles. The Morgan fingerprint density at radius 2 is 1.60 bits per heavy atom. The lowest BCUT2D eigenvalue weighted by molar-refractivity contribution is -0.167. The van der Waals surface area contributed by atoms with Crippen LogP contribution in [0.4, 0.5) is 32.2 Å². The molecule has 4 rings (SSSR count). The molecule has 1 saturated heterocycles. The zero-order chi connectivity index (χ0) is 29.1. The van der Waals surface area contributed by atoms with Crippen LogP contribution in [0.5, 0.6) is 0 Å². The van der Waals surface area contributed by atoms with Gasteiger partial charge in [0, 0.05) is 36.3 Å². The number of nitrogens with one attached hydrogen (secondary N) is 3. The number of rotatable bonds is 7. The molecule has 3 N–H and O–H groups in total. The van der Waals surface area contributed by atoms with Gasteiger partial charge in [-0.15, -0.1) is 0 Å². The minimum atomic E-state index is -5.00. The lowest BCUT2D eigenvalue weighted by Gasteiger charge is -2.46. The predicted molar refractivity (Wildman–Crippen MR) is 131 cm³/mol. The number of amides is 3. The average Bonchev–Trinajstić information content (AvgIpc) is 2.88. The Morgan fingerprint density at radius 1 is 0.925 bits per heavy atom. The standard InChI is InChI=1S/C26H27F6N5O3/c27-25(28,29)17-4-1-3-16(11-17)23(39)33-12-22(38)34-18-13-37(14-18)19-9-7-15(8-10-19)20-5-2-6-21(35-20)36-24(40)26(30,31)32/h1-6,11,15,18-19H,7-10,12-14H2,(H,33,39)(H,34,38)(H,35,36,40)/t15-,19+. The normalized spacial score (nSPS) is 20.4. The van der Waals surface area contributed by atoms with Gasteiger partial charge in [0.15, 0.2) is 0 Å². The van der Waals surface area contributed by atoms with Crippen molar-refractivity contribution in [2.75, 3.05) is 25.0 Å². The van der Waals surface area contributed by atoms with E-state index in [0.717, 1.165) is 43.9 Å². The number of hydrogen-bond acceptors (Lipinski definition) is 5. The number of anilines is 1. The topological polar surface area (TPSA) is 103 Å². The molecule has 2 aromatic rings. The molecule has 1 aliphatic heterocycles. The van der Waals surface area contributed by atoms with Gasteiger partial charge in [-0.1, -0.05) is 12.1 Å². The summed E-state index contributed by atoms with van der Waals surface area (Å²) in [6.45, 7) is 0.853. The summed E-state index contributed by atoms with van der Waals surface area (Å²) in [7, 11) is 0. The molecule has 0 spiro atoms. The molecule has 8 nitrogen and oxygen atoms in total. The number of alkyl halides is 6. The van der Waals surface area contributed by atoms with E-state index in [4.69, 9.17) is 0 Å². The Morgan fingerprint density at radius 3 is 2.25 bits per heavy atom. The van der Waals surface area contributed by atoms with Crippen molar-refractivity contribution in [2.45, 2.75) is 56.0 Å². The molecule has 3 amide bonds. The summed E-state index contributed by atoms with van der Waals surface area (Å²) in [5.74, 6) is -3.39. The van der Waals surface area contributed by atoms with Crippen LogP contribution < -0.4 is 16.0 Å². The summed E-state index contributed by atoms with van der Waals surface area (Å²) < 4.78 is 76.0. The van der Waals surface area contributed by atoms with Gasteiger partial charge in [0.1, 0.15) is 5.82 Å². The zero-order valence-electron chi connectivity index (χ0n) is 21.1. The molecule has 14 heteroatoms. The van der Waals surface area contributed by atoms with Crippen molar-refractivity contribution in [3.05, 3.63) is 59.3 Å². The minimum absolute atomic E-state index is 0.0520. The maximum Gasteiger partial charge on any atom is 0.471 e. The van der Waals surface area contributed by atoms with Gasteiger partial charge in [-0.25, -0.2) is 4.98 Å². The van der Waals surface area contributed by atoms with E-state index in [9.17, 15) is 40.7 Å². The lowest BCUT2D eigenvalue weighted by atomic mass is 9.82. The van der Waals surface area contributed by atoms with Crippen molar-refractivity contribution in [2.24, 2.45) is 0 Å². The van der Waals surface area contributed by atoms with Crippen LogP contribution in [0, 0.1) is 0 Å². The molecule has 216 valence electrons. The number of pyridine rings is 1. The fourth-order valence-electron chi connectivity index (χ4n) is 4.95. The number of aromatic nitrogens is 1. The van der Waals surface area contributed by atoms with E-state index in [1.54, 1.807) is 17.4 Å². The Bertz CT molecular complexity index is 1240. The molecule has 1 aliphatic carbocycles. The molecule has 2 aliphatic rings. The van der Waals surface area contributed by atoms with Gasteiger partial charge < -0.3 is 16.0 Å². The molecule has 40 heavy (non-hydrogen) atoms. The van der Waals surface area contributed by atoms with Gasteiger partial charge >= 0.3 is 18.3 Å². The molecule has 1 aromatic carbocycles. The second-order valence-corrected chi connectivity index (χ2v) is 9.88. The number of nitrogens with zero attached hydrogens (tertiary/aromatic N) is 2. The minimum Gasteiger partial charge on any atom is -0.349 e. The summed E-state index contributed by atoms with van der Waals surface area (Å²) in [6, 6.07) is 8.70. The van der Waals surface area contributed by atoms with Crippen LogP contribution in [-0.4, -0.2) is 65.5 Å². The molecule has 0 bridgehead atoms. The molecule has 2 heterocycles. The lowest BCUT2D eigenvalue weighted by Crippen LogP contribution is -2.63. The number of hydrogen-bond donors (Lipinski definition) is 3. The van der Waals surface area contributed by atoms with Gasteiger partial charge in [-0.2, -0.15) is 26.3 Å². The molecular formula is C26H27F6N5O3. The smallest absolute Gasteiger partial charge is 0.349 e. The third-order valence-corrected chi connectivity index (χ3v) is 7.04.